The molecule has 0 fully saturated rings. The molecule has 0 saturated carbocycles. The number of hydrogen-bond acceptors (Lipinski definition) is 0. The Morgan fingerprint density at radius 2 is 0.560 bits per heavy atom. The van der Waals surface area contributed by atoms with Gasteiger partial charge in [0.2, 0.25) is 0 Å². The van der Waals surface area contributed by atoms with E-state index in [4.69, 9.17) is 0 Å². The van der Waals surface area contributed by atoms with E-state index in [0.29, 0.717) is 0 Å². The van der Waals surface area contributed by atoms with Crippen molar-refractivity contribution in [3.63, 3.8) is 0 Å². The van der Waals surface area contributed by atoms with Crippen molar-refractivity contribution in [1.29, 1.82) is 0 Å². The molecule has 0 nitrogen and oxygen atoms in total. The molecule has 0 atom stereocenters. The van der Waals surface area contributed by atoms with Crippen LogP contribution in [0.15, 0.2) is 106 Å². The number of hydrogen-bond donors (Lipinski definition) is 0. The summed E-state index contributed by atoms with van der Waals surface area (Å²) < 4.78 is 0. The maximum absolute atomic E-state index is 2.21. The molecule has 3 aromatic rings. The fourth-order valence-electron chi connectivity index (χ4n) is 2.08. The van der Waals surface area contributed by atoms with Crippen molar-refractivity contribution < 1.29 is 0 Å². The predicted molar refractivity (Wildman–Crippen MR) is 116 cm³/mol. The van der Waals surface area contributed by atoms with Crippen molar-refractivity contribution in [1.82, 2.24) is 0 Å². The van der Waals surface area contributed by atoms with Crippen LogP contribution in [-0.2, 0) is 10.9 Å². The van der Waals surface area contributed by atoms with Crippen molar-refractivity contribution in [2.45, 2.75) is 56.2 Å². The van der Waals surface area contributed by atoms with Crippen LogP contribution in [0.3, 0.4) is 0 Å². The van der Waals surface area contributed by atoms with Gasteiger partial charge in [0.15, 0.2) is 14.7 Å². The van der Waals surface area contributed by atoms with Gasteiger partial charge in [-0.1, -0.05) is 96.1 Å². The van der Waals surface area contributed by atoms with E-state index >= 15 is 0 Å². The summed E-state index contributed by atoms with van der Waals surface area (Å²) in [6.45, 7) is 12.0. The molecular formula is C24H33S+. The molecule has 3 aromatic carbocycles. The average molecular weight is 354 g/mol. The summed E-state index contributed by atoms with van der Waals surface area (Å²) in [6, 6.07) is 32.2. The summed E-state index contributed by atoms with van der Waals surface area (Å²) in [5.74, 6) is 0. The summed E-state index contributed by atoms with van der Waals surface area (Å²) in [7, 11) is -0.0146. The first-order chi connectivity index (χ1) is 12.4. The highest BCUT2D eigenvalue weighted by Crippen LogP contribution is 2.30. The first-order valence-corrected chi connectivity index (χ1v) is 10.6. The SMILES string of the molecule is CC.CC.CC.c1ccc([S+](c2ccccc2)c2ccccc2)cc1. The Kier molecular flexibility index (Phi) is 14.3. The van der Waals surface area contributed by atoms with Crippen LogP contribution in [0.5, 0.6) is 0 Å². The van der Waals surface area contributed by atoms with E-state index in [1.165, 1.54) is 14.7 Å². The van der Waals surface area contributed by atoms with Gasteiger partial charge in [-0.15, -0.1) is 0 Å². The van der Waals surface area contributed by atoms with Crippen LogP contribution in [0, 0.1) is 0 Å². The molecule has 0 radical (unpaired) electrons. The van der Waals surface area contributed by atoms with Crippen LogP contribution >= 0.6 is 0 Å². The molecule has 0 bridgehead atoms. The van der Waals surface area contributed by atoms with E-state index < -0.39 is 0 Å². The molecule has 3 rings (SSSR count). The maximum Gasteiger partial charge on any atom is 0.166 e. The zero-order valence-corrected chi connectivity index (χ0v) is 17.4. The lowest BCUT2D eigenvalue weighted by Gasteiger charge is -2.07. The smallest absolute Gasteiger partial charge is 0.0683 e. The average Bonchev–Trinajstić information content (AvgIpc) is 2.75. The predicted octanol–water partition coefficient (Wildman–Crippen LogP) is 7.86. The summed E-state index contributed by atoms with van der Waals surface area (Å²) in [4.78, 5) is 4.08. The third kappa shape index (κ3) is 7.62. The number of benzene rings is 3. The minimum atomic E-state index is -0.0146. The van der Waals surface area contributed by atoms with Crippen molar-refractivity contribution in [2.75, 3.05) is 0 Å². The molecule has 0 aliphatic heterocycles. The van der Waals surface area contributed by atoms with E-state index in [0.717, 1.165) is 0 Å². The van der Waals surface area contributed by atoms with Crippen LogP contribution in [0.1, 0.15) is 41.5 Å². The van der Waals surface area contributed by atoms with Crippen LogP contribution in [0.2, 0.25) is 0 Å². The van der Waals surface area contributed by atoms with Gasteiger partial charge in [0.1, 0.15) is 0 Å². The Morgan fingerprint density at radius 3 is 0.760 bits per heavy atom. The zero-order chi connectivity index (χ0) is 18.9. The van der Waals surface area contributed by atoms with E-state index in [-0.39, 0.29) is 10.9 Å². The van der Waals surface area contributed by atoms with Crippen molar-refractivity contribution in [2.24, 2.45) is 0 Å². The van der Waals surface area contributed by atoms with Gasteiger partial charge in [0, 0.05) is 0 Å². The topological polar surface area (TPSA) is 0 Å². The molecular weight excluding hydrogens is 320 g/mol. The fraction of sp³-hybridized carbons (Fsp3) is 0.250. The molecule has 1 heteroatoms. The highest BCUT2D eigenvalue weighted by atomic mass is 32.2. The van der Waals surface area contributed by atoms with Gasteiger partial charge < -0.3 is 0 Å². The van der Waals surface area contributed by atoms with E-state index in [9.17, 15) is 0 Å². The second-order valence-corrected chi connectivity index (χ2v) is 6.27. The summed E-state index contributed by atoms with van der Waals surface area (Å²) in [5, 5.41) is 0. The highest BCUT2D eigenvalue weighted by molar-refractivity contribution is 7.97. The summed E-state index contributed by atoms with van der Waals surface area (Å²) in [6.07, 6.45) is 0. The molecule has 0 heterocycles. The molecule has 134 valence electrons. The van der Waals surface area contributed by atoms with Gasteiger partial charge >= 0.3 is 0 Å². The molecule has 25 heavy (non-hydrogen) atoms. The standard InChI is InChI=1S/C18H15S.3C2H6/c1-4-10-16(11-5-1)19(17-12-6-2-7-13-17)18-14-8-3-9-15-18;3*1-2/h1-15H;3*1-2H3/q+1;;;. The first kappa shape index (κ1) is 23.0. The highest BCUT2D eigenvalue weighted by Gasteiger charge is 2.27. The lowest BCUT2D eigenvalue weighted by molar-refractivity contribution is 1.32. The zero-order valence-electron chi connectivity index (χ0n) is 16.6. The Hall–Kier alpha value is -1.99. The van der Waals surface area contributed by atoms with Gasteiger partial charge in [-0.05, 0) is 36.4 Å². The van der Waals surface area contributed by atoms with E-state index in [1.807, 2.05) is 41.5 Å². The first-order valence-electron chi connectivity index (χ1n) is 9.34. The summed E-state index contributed by atoms with van der Waals surface area (Å²) in [5.41, 5.74) is 0. The third-order valence-corrected chi connectivity index (χ3v) is 5.17. The van der Waals surface area contributed by atoms with Crippen LogP contribution in [0.25, 0.3) is 0 Å². The molecule has 0 unspecified atom stereocenters. The van der Waals surface area contributed by atoms with Gasteiger partial charge in [-0.3, -0.25) is 0 Å². The number of rotatable bonds is 3. The molecule has 0 spiro atoms. The maximum atomic E-state index is 2.21. The monoisotopic (exact) mass is 353 g/mol. The molecule has 0 aliphatic rings. The van der Waals surface area contributed by atoms with Crippen LogP contribution in [0.4, 0.5) is 0 Å². The second-order valence-electron chi connectivity index (χ2n) is 4.25. The van der Waals surface area contributed by atoms with Crippen LogP contribution < -0.4 is 0 Å². The molecule has 0 aromatic heterocycles. The van der Waals surface area contributed by atoms with E-state index in [2.05, 4.69) is 91.0 Å². The normalized spacial score (nSPS) is 8.76. The van der Waals surface area contributed by atoms with E-state index in [1.54, 1.807) is 0 Å². The molecule has 0 amide bonds. The van der Waals surface area contributed by atoms with Gasteiger partial charge in [-0.2, -0.15) is 0 Å². The second kappa shape index (κ2) is 15.5. The Balaban J connectivity index is 0.000000871. The largest absolute Gasteiger partial charge is 0.166 e. The minimum Gasteiger partial charge on any atom is -0.0683 e. The van der Waals surface area contributed by atoms with Crippen LogP contribution in [-0.4, -0.2) is 0 Å². The molecule has 0 saturated heterocycles. The quantitative estimate of drug-likeness (QED) is 0.420. The van der Waals surface area contributed by atoms with Crippen molar-refractivity contribution >= 4 is 10.9 Å². The lowest BCUT2D eigenvalue weighted by atomic mass is 10.4. The van der Waals surface area contributed by atoms with Gasteiger partial charge in [0.05, 0.1) is 10.9 Å². The Bertz CT molecular complexity index is 524. The van der Waals surface area contributed by atoms with Gasteiger partial charge in [-0.25, -0.2) is 0 Å². The minimum absolute atomic E-state index is 0.0146. The van der Waals surface area contributed by atoms with Crippen molar-refractivity contribution in [3.05, 3.63) is 91.0 Å². The lowest BCUT2D eigenvalue weighted by Crippen LogP contribution is -2.04. The molecule has 0 N–H and O–H groups in total. The van der Waals surface area contributed by atoms with Crippen molar-refractivity contribution in [3.8, 4) is 0 Å². The Labute approximate surface area is 158 Å². The molecule has 0 aliphatic carbocycles. The fourth-order valence-corrected chi connectivity index (χ4v) is 4.18. The van der Waals surface area contributed by atoms with Gasteiger partial charge in [0.25, 0.3) is 0 Å². The Morgan fingerprint density at radius 1 is 0.360 bits per heavy atom. The third-order valence-electron chi connectivity index (χ3n) is 2.94. The summed E-state index contributed by atoms with van der Waals surface area (Å²) >= 11 is 0.